The van der Waals surface area contributed by atoms with Crippen molar-refractivity contribution < 1.29 is 27.7 Å². The highest BCUT2D eigenvalue weighted by Crippen LogP contribution is 2.36. The van der Waals surface area contributed by atoms with E-state index in [9.17, 15) is 8.78 Å². The average Bonchev–Trinajstić information content (AvgIpc) is 3.07. The third-order valence-corrected chi connectivity index (χ3v) is 4.27. The molecule has 5 nitrogen and oxygen atoms in total. The summed E-state index contributed by atoms with van der Waals surface area (Å²) in [7, 11) is 1.41. The second kappa shape index (κ2) is 7.37. The van der Waals surface area contributed by atoms with Crippen molar-refractivity contribution in [3.63, 3.8) is 0 Å². The minimum absolute atomic E-state index is 0.0164. The highest BCUT2D eigenvalue weighted by molar-refractivity contribution is 5.46. The number of hydrogen-bond donors (Lipinski definition) is 1. The van der Waals surface area contributed by atoms with E-state index in [1.165, 1.54) is 7.11 Å². The monoisotopic (exact) mass is 365 g/mol. The smallest absolute Gasteiger partial charge is 0.387 e. The van der Waals surface area contributed by atoms with Crippen molar-refractivity contribution in [3.05, 3.63) is 47.5 Å². The lowest BCUT2D eigenvalue weighted by molar-refractivity contribution is -0.0512. The van der Waals surface area contributed by atoms with Crippen LogP contribution in [0.3, 0.4) is 0 Å². The topological polar surface area (TPSA) is 49.0 Å². The molecule has 7 heteroatoms. The van der Waals surface area contributed by atoms with Crippen LogP contribution in [0.4, 0.5) is 8.78 Å². The maximum Gasteiger partial charge on any atom is 0.387 e. The van der Waals surface area contributed by atoms with E-state index in [1.807, 2.05) is 32.0 Å². The van der Waals surface area contributed by atoms with E-state index >= 15 is 0 Å². The molecule has 140 valence electrons. The molecule has 3 rings (SSSR count). The molecule has 1 aliphatic heterocycles. The van der Waals surface area contributed by atoms with Gasteiger partial charge in [-0.25, -0.2) is 0 Å². The molecular formula is C19H21F2NO4. The fraction of sp³-hybridized carbons (Fsp3) is 0.368. The molecule has 2 aromatic carbocycles. The number of nitrogens with one attached hydrogen (secondary N) is 1. The van der Waals surface area contributed by atoms with Crippen LogP contribution in [-0.4, -0.2) is 20.5 Å². The van der Waals surface area contributed by atoms with Gasteiger partial charge >= 0.3 is 6.61 Å². The summed E-state index contributed by atoms with van der Waals surface area (Å²) in [6, 6.07) is 10.8. The number of ether oxygens (including phenoxy) is 4. The highest BCUT2D eigenvalue weighted by Gasteiger charge is 2.23. The van der Waals surface area contributed by atoms with E-state index in [0.29, 0.717) is 6.54 Å². The van der Waals surface area contributed by atoms with E-state index in [2.05, 4.69) is 10.1 Å². The Morgan fingerprint density at radius 3 is 2.58 bits per heavy atom. The molecule has 2 aromatic rings. The molecule has 0 saturated heterocycles. The van der Waals surface area contributed by atoms with Crippen molar-refractivity contribution in [1.29, 1.82) is 0 Å². The number of methoxy groups -OCH3 is 1. The lowest BCUT2D eigenvalue weighted by atomic mass is 9.93. The number of rotatable bonds is 7. The van der Waals surface area contributed by atoms with Crippen LogP contribution in [0.1, 0.15) is 25.0 Å². The number of halogens is 2. The van der Waals surface area contributed by atoms with Crippen molar-refractivity contribution >= 4 is 0 Å². The third-order valence-electron chi connectivity index (χ3n) is 4.27. The lowest BCUT2D eigenvalue weighted by Gasteiger charge is -2.27. The van der Waals surface area contributed by atoms with Crippen molar-refractivity contribution in [2.24, 2.45) is 0 Å². The average molecular weight is 365 g/mol. The minimum atomic E-state index is -2.91. The van der Waals surface area contributed by atoms with Crippen LogP contribution in [0.5, 0.6) is 23.0 Å². The number of hydrogen-bond acceptors (Lipinski definition) is 5. The molecule has 0 amide bonds. The van der Waals surface area contributed by atoms with Gasteiger partial charge in [0.15, 0.2) is 23.0 Å². The molecule has 0 spiro atoms. The maximum atomic E-state index is 12.6. The van der Waals surface area contributed by atoms with E-state index in [-0.39, 0.29) is 23.8 Å². The summed E-state index contributed by atoms with van der Waals surface area (Å²) in [6.45, 7) is 1.85. The standard InChI is InChI=1S/C19H21F2NO4/c1-19(2,13-5-7-15-16(9-13)25-11-24-15)22-10-12-4-6-14(23-3)17(8-12)26-18(20)21/h4-9,18,22H,10-11H2,1-3H3. The zero-order valence-corrected chi connectivity index (χ0v) is 14.8. The van der Waals surface area contributed by atoms with Crippen LogP contribution in [0.2, 0.25) is 0 Å². The normalized spacial score (nSPS) is 13.2. The molecular weight excluding hydrogens is 344 g/mol. The molecule has 0 unspecified atom stereocenters. The SMILES string of the molecule is COc1ccc(CNC(C)(C)c2ccc3c(c2)OCO3)cc1OC(F)F. The zero-order valence-electron chi connectivity index (χ0n) is 14.8. The summed E-state index contributed by atoms with van der Waals surface area (Å²) in [5.41, 5.74) is 1.46. The van der Waals surface area contributed by atoms with Gasteiger partial charge < -0.3 is 24.3 Å². The Hall–Kier alpha value is -2.54. The fourth-order valence-electron chi connectivity index (χ4n) is 2.73. The molecule has 0 atom stereocenters. The van der Waals surface area contributed by atoms with Crippen molar-refractivity contribution in [1.82, 2.24) is 5.32 Å². The molecule has 0 saturated carbocycles. The quantitative estimate of drug-likeness (QED) is 0.802. The van der Waals surface area contributed by atoms with Gasteiger partial charge in [-0.05, 0) is 49.2 Å². The van der Waals surface area contributed by atoms with Gasteiger partial charge in [-0.3, -0.25) is 0 Å². The molecule has 26 heavy (non-hydrogen) atoms. The van der Waals surface area contributed by atoms with Gasteiger partial charge in [0, 0.05) is 12.1 Å². The first-order valence-corrected chi connectivity index (χ1v) is 8.16. The Morgan fingerprint density at radius 2 is 1.85 bits per heavy atom. The Kier molecular flexibility index (Phi) is 5.18. The summed E-state index contributed by atoms with van der Waals surface area (Å²) in [6.07, 6.45) is 0. The van der Waals surface area contributed by atoms with Crippen molar-refractivity contribution in [3.8, 4) is 23.0 Å². The van der Waals surface area contributed by atoms with Crippen LogP contribution in [0.15, 0.2) is 36.4 Å². The minimum Gasteiger partial charge on any atom is -0.493 e. The first-order chi connectivity index (χ1) is 12.4. The molecule has 0 bridgehead atoms. The van der Waals surface area contributed by atoms with Gasteiger partial charge in [-0.2, -0.15) is 8.78 Å². The number of alkyl halides is 2. The molecule has 0 aromatic heterocycles. The van der Waals surface area contributed by atoms with E-state index in [4.69, 9.17) is 14.2 Å². The molecule has 1 heterocycles. The Morgan fingerprint density at radius 1 is 1.08 bits per heavy atom. The summed E-state index contributed by atoms with van der Waals surface area (Å²) >= 11 is 0. The summed E-state index contributed by atoms with van der Waals surface area (Å²) in [4.78, 5) is 0. The first-order valence-electron chi connectivity index (χ1n) is 8.16. The maximum absolute atomic E-state index is 12.6. The molecule has 0 fully saturated rings. The Bertz CT molecular complexity index is 780. The van der Waals surface area contributed by atoms with E-state index in [1.54, 1.807) is 18.2 Å². The Labute approximate surface area is 150 Å². The van der Waals surface area contributed by atoms with Gasteiger partial charge in [0.05, 0.1) is 7.11 Å². The molecule has 1 N–H and O–H groups in total. The second-order valence-electron chi connectivity index (χ2n) is 6.41. The van der Waals surface area contributed by atoms with Gasteiger partial charge in [0.2, 0.25) is 6.79 Å². The van der Waals surface area contributed by atoms with Crippen LogP contribution in [0.25, 0.3) is 0 Å². The molecule has 0 aliphatic carbocycles. The highest BCUT2D eigenvalue weighted by atomic mass is 19.3. The van der Waals surface area contributed by atoms with Gasteiger partial charge in [0.1, 0.15) is 0 Å². The predicted octanol–water partition coefficient (Wildman–Crippen LogP) is 4.05. The van der Waals surface area contributed by atoms with Crippen LogP contribution in [-0.2, 0) is 12.1 Å². The van der Waals surface area contributed by atoms with Crippen LogP contribution in [0, 0.1) is 0 Å². The summed E-state index contributed by atoms with van der Waals surface area (Å²) in [5, 5.41) is 3.42. The molecule has 0 radical (unpaired) electrons. The van der Waals surface area contributed by atoms with Crippen molar-refractivity contribution in [2.75, 3.05) is 13.9 Å². The first kappa shape index (κ1) is 18.3. The third kappa shape index (κ3) is 3.99. The van der Waals surface area contributed by atoms with Crippen LogP contribution >= 0.6 is 0 Å². The van der Waals surface area contributed by atoms with Crippen molar-refractivity contribution in [2.45, 2.75) is 32.5 Å². The number of benzene rings is 2. The fourth-order valence-corrected chi connectivity index (χ4v) is 2.73. The second-order valence-corrected chi connectivity index (χ2v) is 6.41. The van der Waals surface area contributed by atoms with E-state index < -0.39 is 6.61 Å². The Balaban J connectivity index is 1.73. The predicted molar refractivity (Wildman–Crippen MR) is 92.1 cm³/mol. The van der Waals surface area contributed by atoms with Gasteiger partial charge in [-0.1, -0.05) is 12.1 Å². The van der Waals surface area contributed by atoms with Gasteiger partial charge in [0.25, 0.3) is 0 Å². The lowest BCUT2D eigenvalue weighted by Crippen LogP contribution is -2.35. The summed E-state index contributed by atoms with van der Waals surface area (Å²) < 4.78 is 45.5. The van der Waals surface area contributed by atoms with Gasteiger partial charge in [-0.15, -0.1) is 0 Å². The van der Waals surface area contributed by atoms with Crippen LogP contribution < -0.4 is 24.3 Å². The molecule has 1 aliphatic rings. The zero-order chi connectivity index (χ0) is 18.7. The largest absolute Gasteiger partial charge is 0.493 e. The van der Waals surface area contributed by atoms with E-state index in [0.717, 1.165) is 22.6 Å². The number of fused-ring (bicyclic) bond motifs is 1. The summed E-state index contributed by atoms with van der Waals surface area (Å²) in [5.74, 6) is 1.73.